The molecular formula is C25H28N6O2. The number of rotatable bonds is 7. The van der Waals surface area contributed by atoms with Gasteiger partial charge in [0, 0.05) is 41.8 Å². The zero-order valence-corrected chi connectivity index (χ0v) is 18.7. The van der Waals surface area contributed by atoms with E-state index in [2.05, 4.69) is 30.8 Å². The smallest absolute Gasteiger partial charge is 0.251 e. The van der Waals surface area contributed by atoms with Gasteiger partial charge in [0.05, 0.1) is 6.54 Å². The lowest BCUT2D eigenvalue weighted by Gasteiger charge is -2.27. The molecule has 170 valence electrons. The number of hydrogen-bond acceptors (Lipinski definition) is 6. The number of nitrogens with zero attached hydrogens (tertiary/aromatic N) is 3. The van der Waals surface area contributed by atoms with Gasteiger partial charge in [0.1, 0.15) is 5.82 Å². The van der Waals surface area contributed by atoms with Crippen molar-refractivity contribution in [3.63, 3.8) is 0 Å². The van der Waals surface area contributed by atoms with Crippen molar-refractivity contribution in [3.05, 3.63) is 71.9 Å². The summed E-state index contributed by atoms with van der Waals surface area (Å²) in [7, 11) is 0. The molecule has 0 spiro atoms. The Hall–Kier alpha value is -3.94. The topological polar surface area (TPSA) is 99.2 Å². The second kappa shape index (κ2) is 10.6. The highest BCUT2D eigenvalue weighted by Crippen LogP contribution is 2.22. The van der Waals surface area contributed by atoms with Gasteiger partial charge in [-0.25, -0.2) is 4.98 Å². The van der Waals surface area contributed by atoms with Crippen LogP contribution in [0.5, 0.6) is 0 Å². The lowest BCUT2D eigenvalue weighted by molar-refractivity contribution is -0.115. The first kappa shape index (κ1) is 22.3. The van der Waals surface area contributed by atoms with Crippen molar-refractivity contribution in [1.82, 2.24) is 15.3 Å². The van der Waals surface area contributed by atoms with Crippen molar-refractivity contribution in [2.75, 3.05) is 35.2 Å². The standard InChI is InChI=1S/C25H28N6O2/c1-18-16-22(30-25(27-18)31-14-6-3-7-15-31)28-20-10-12-21(13-11-20)29-23(32)17-26-24(33)19-8-4-2-5-9-19/h2,4-5,8-13,16H,3,6-7,14-15,17H2,1H3,(H,26,33)(H,29,32)(H,27,28,30). The Kier molecular flexibility index (Phi) is 7.14. The van der Waals surface area contributed by atoms with Gasteiger partial charge in [0.25, 0.3) is 5.91 Å². The molecule has 3 N–H and O–H groups in total. The number of aryl methyl sites for hydroxylation is 1. The van der Waals surface area contributed by atoms with Gasteiger partial charge in [-0.2, -0.15) is 4.98 Å². The number of aromatic nitrogens is 2. The summed E-state index contributed by atoms with van der Waals surface area (Å²) in [4.78, 5) is 35.8. The van der Waals surface area contributed by atoms with Crippen molar-refractivity contribution in [3.8, 4) is 0 Å². The highest BCUT2D eigenvalue weighted by molar-refractivity contribution is 5.99. The van der Waals surface area contributed by atoms with E-state index in [9.17, 15) is 9.59 Å². The minimum Gasteiger partial charge on any atom is -0.343 e. The highest BCUT2D eigenvalue weighted by atomic mass is 16.2. The first-order valence-electron chi connectivity index (χ1n) is 11.2. The summed E-state index contributed by atoms with van der Waals surface area (Å²) >= 11 is 0. The number of carbonyl (C=O) groups excluding carboxylic acids is 2. The maximum atomic E-state index is 12.2. The monoisotopic (exact) mass is 444 g/mol. The number of carbonyl (C=O) groups is 2. The summed E-state index contributed by atoms with van der Waals surface area (Å²) in [6.45, 7) is 3.84. The second-order valence-electron chi connectivity index (χ2n) is 8.04. The first-order valence-corrected chi connectivity index (χ1v) is 11.2. The zero-order valence-electron chi connectivity index (χ0n) is 18.7. The van der Waals surface area contributed by atoms with Gasteiger partial charge in [0.2, 0.25) is 11.9 Å². The summed E-state index contributed by atoms with van der Waals surface area (Å²) < 4.78 is 0. The van der Waals surface area contributed by atoms with E-state index >= 15 is 0 Å². The predicted molar refractivity (Wildman–Crippen MR) is 130 cm³/mol. The van der Waals surface area contributed by atoms with E-state index in [1.807, 2.05) is 31.2 Å². The quantitative estimate of drug-likeness (QED) is 0.511. The molecule has 0 radical (unpaired) electrons. The molecule has 33 heavy (non-hydrogen) atoms. The van der Waals surface area contributed by atoms with Gasteiger partial charge in [-0.1, -0.05) is 18.2 Å². The molecule has 1 aliphatic heterocycles. The second-order valence-corrected chi connectivity index (χ2v) is 8.04. The summed E-state index contributed by atoms with van der Waals surface area (Å²) in [5.41, 5.74) is 2.93. The number of anilines is 4. The summed E-state index contributed by atoms with van der Waals surface area (Å²) in [6.07, 6.45) is 3.60. The molecule has 8 nitrogen and oxygen atoms in total. The molecule has 3 aromatic rings. The van der Waals surface area contributed by atoms with Crippen molar-refractivity contribution < 1.29 is 9.59 Å². The van der Waals surface area contributed by atoms with Crippen molar-refractivity contribution in [2.45, 2.75) is 26.2 Å². The Morgan fingerprint density at radius 1 is 0.909 bits per heavy atom. The Morgan fingerprint density at radius 2 is 1.61 bits per heavy atom. The Morgan fingerprint density at radius 3 is 2.33 bits per heavy atom. The lowest BCUT2D eigenvalue weighted by Crippen LogP contribution is -2.32. The molecule has 1 aromatic heterocycles. The van der Waals surface area contributed by atoms with Crippen LogP contribution in [0.2, 0.25) is 0 Å². The molecular weight excluding hydrogens is 416 g/mol. The number of nitrogens with one attached hydrogen (secondary N) is 3. The van der Waals surface area contributed by atoms with Crippen molar-refractivity contribution >= 4 is 35.0 Å². The van der Waals surface area contributed by atoms with E-state index in [0.29, 0.717) is 11.3 Å². The van der Waals surface area contributed by atoms with E-state index in [-0.39, 0.29) is 18.4 Å². The Labute approximate surface area is 193 Å². The summed E-state index contributed by atoms with van der Waals surface area (Å²) in [5.74, 6) is 0.925. The number of piperidine rings is 1. The lowest BCUT2D eigenvalue weighted by atomic mass is 10.1. The molecule has 0 unspecified atom stereocenters. The van der Waals surface area contributed by atoms with Crippen LogP contribution in [0.15, 0.2) is 60.7 Å². The molecule has 0 saturated carbocycles. The van der Waals surface area contributed by atoms with Gasteiger partial charge in [0.15, 0.2) is 0 Å². The third-order valence-corrected chi connectivity index (χ3v) is 5.37. The van der Waals surface area contributed by atoms with Crippen LogP contribution in [-0.4, -0.2) is 41.4 Å². The molecule has 2 aromatic carbocycles. The summed E-state index contributed by atoms with van der Waals surface area (Å²) in [6, 6.07) is 18.1. The molecule has 8 heteroatoms. The van der Waals surface area contributed by atoms with Gasteiger partial charge in [-0.05, 0) is 62.6 Å². The van der Waals surface area contributed by atoms with Crippen LogP contribution < -0.4 is 20.9 Å². The highest BCUT2D eigenvalue weighted by Gasteiger charge is 2.15. The predicted octanol–water partition coefficient (Wildman–Crippen LogP) is 3.89. The molecule has 1 fully saturated rings. The first-order chi connectivity index (χ1) is 16.1. The number of benzene rings is 2. The summed E-state index contributed by atoms with van der Waals surface area (Å²) in [5, 5.41) is 8.72. The largest absolute Gasteiger partial charge is 0.343 e. The molecule has 1 aliphatic rings. The van der Waals surface area contributed by atoms with Gasteiger partial charge in [-0.15, -0.1) is 0 Å². The fraction of sp³-hybridized carbons (Fsp3) is 0.280. The van der Waals surface area contributed by atoms with Crippen LogP contribution in [0.25, 0.3) is 0 Å². The zero-order chi connectivity index (χ0) is 23.0. The van der Waals surface area contributed by atoms with Gasteiger partial charge < -0.3 is 20.9 Å². The molecule has 4 rings (SSSR count). The maximum Gasteiger partial charge on any atom is 0.251 e. The molecule has 2 amide bonds. The molecule has 1 saturated heterocycles. The van der Waals surface area contributed by atoms with Gasteiger partial charge in [-0.3, -0.25) is 9.59 Å². The third kappa shape index (κ3) is 6.29. The fourth-order valence-corrected chi connectivity index (χ4v) is 3.69. The van der Waals surface area contributed by atoms with Crippen LogP contribution in [0.3, 0.4) is 0 Å². The Bertz CT molecular complexity index is 1100. The molecule has 2 heterocycles. The van der Waals surface area contributed by atoms with Gasteiger partial charge >= 0.3 is 0 Å². The van der Waals surface area contributed by atoms with E-state index in [0.717, 1.165) is 36.2 Å². The van der Waals surface area contributed by atoms with E-state index < -0.39 is 0 Å². The third-order valence-electron chi connectivity index (χ3n) is 5.37. The number of amides is 2. The average Bonchev–Trinajstić information content (AvgIpc) is 2.84. The normalized spacial score (nSPS) is 13.3. The van der Waals surface area contributed by atoms with Crippen molar-refractivity contribution in [2.24, 2.45) is 0 Å². The average molecular weight is 445 g/mol. The van der Waals surface area contributed by atoms with Crippen LogP contribution in [0.4, 0.5) is 23.1 Å². The SMILES string of the molecule is Cc1cc(Nc2ccc(NC(=O)CNC(=O)c3ccccc3)cc2)nc(N2CCCCC2)n1. The van der Waals surface area contributed by atoms with Crippen LogP contribution in [0, 0.1) is 6.92 Å². The number of hydrogen-bond donors (Lipinski definition) is 3. The van der Waals surface area contributed by atoms with Crippen molar-refractivity contribution in [1.29, 1.82) is 0 Å². The Balaban J connectivity index is 1.31. The molecule has 0 aliphatic carbocycles. The van der Waals surface area contributed by atoms with E-state index in [4.69, 9.17) is 0 Å². The van der Waals surface area contributed by atoms with Crippen LogP contribution >= 0.6 is 0 Å². The maximum absolute atomic E-state index is 12.2. The molecule has 0 atom stereocenters. The fourth-order valence-electron chi connectivity index (χ4n) is 3.69. The minimum atomic E-state index is -0.294. The minimum absolute atomic E-state index is 0.104. The van der Waals surface area contributed by atoms with Crippen LogP contribution in [0.1, 0.15) is 35.3 Å². The van der Waals surface area contributed by atoms with E-state index in [1.165, 1.54) is 19.3 Å². The van der Waals surface area contributed by atoms with Crippen LogP contribution in [-0.2, 0) is 4.79 Å². The molecule has 0 bridgehead atoms. The van der Waals surface area contributed by atoms with E-state index in [1.54, 1.807) is 36.4 Å².